The zero-order valence-corrected chi connectivity index (χ0v) is 11.3. The second kappa shape index (κ2) is 6.57. The second-order valence-electron chi connectivity index (χ2n) is 5.13. The van der Waals surface area contributed by atoms with Crippen molar-refractivity contribution >= 4 is 5.97 Å². The van der Waals surface area contributed by atoms with Crippen molar-refractivity contribution in [1.29, 1.82) is 0 Å². The summed E-state index contributed by atoms with van der Waals surface area (Å²) in [6, 6.07) is 8.13. The molecular formula is C15H21NO3. The van der Waals surface area contributed by atoms with Gasteiger partial charge in [-0.1, -0.05) is 18.2 Å². The highest BCUT2D eigenvalue weighted by Gasteiger charge is 2.21. The van der Waals surface area contributed by atoms with Crippen molar-refractivity contribution in [3.05, 3.63) is 29.8 Å². The number of ether oxygens (including phenoxy) is 1. The van der Waals surface area contributed by atoms with Crippen molar-refractivity contribution in [3.8, 4) is 5.75 Å². The number of para-hydroxylation sites is 1. The monoisotopic (exact) mass is 263 g/mol. The molecule has 19 heavy (non-hydrogen) atoms. The molecule has 0 spiro atoms. The van der Waals surface area contributed by atoms with Gasteiger partial charge in [-0.2, -0.15) is 0 Å². The molecule has 0 saturated carbocycles. The Morgan fingerprint density at radius 3 is 2.68 bits per heavy atom. The summed E-state index contributed by atoms with van der Waals surface area (Å²) >= 11 is 0. The quantitative estimate of drug-likeness (QED) is 0.883. The number of hydrogen-bond donors (Lipinski definition) is 1. The maximum absolute atomic E-state index is 10.7. The maximum atomic E-state index is 10.7. The molecule has 1 aromatic rings. The van der Waals surface area contributed by atoms with E-state index < -0.39 is 5.97 Å². The van der Waals surface area contributed by atoms with Gasteiger partial charge in [-0.25, -0.2) is 0 Å². The Balaban J connectivity index is 1.87. The van der Waals surface area contributed by atoms with Crippen molar-refractivity contribution < 1.29 is 14.6 Å². The van der Waals surface area contributed by atoms with Crippen molar-refractivity contribution in [3.63, 3.8) is 0 Å². The van der Waals surface area contributed by atoms with Gasteiger partial charge < -0.3 is 9.84 Å². The molecule has 1 fully saturated rings. The molecule has 4 heteroatoms. The minimum absolute atomic E-state index is 0.168. The third kappa shape index (κ3) is 3.96. The summed E-state index contributed by atoms with van der Waals surface area (Å²) in [5.41, 5.74) is 1.25. The number of nitrogens with zero attached hydrogens (tertiary/aromatic N) is 1. The number of hydrogen-bond acceptors (Lipinski definition) is 3. The van der Waals surface area contributed by atoms with Gasteiger partial charge in [0.05, 0.1) is 13.7 Å². The third-order valence-electron chi connectivity index (χ3n) is 3.77. The van der Waals surface area contributed by atoms with Crippen molar-refractivity contribution in [2.75, 3.05) is 26.7 Å². The summed E-state index contributed by atoms with van der Waals surface area (Å²) in [7, 11) is 1.70. The summed E-state index contributed by atoms with van der Waals surface area (Å²) in [5, 5.41) is 8.78. The lowest BCUT2D eigenvalue weighted by Gasteiger charge is -2.31. The Hall–Kier alpha value is -1.55. The van der Waals surface area contributed by atoms with Crippen molar-refractivity contribution in [1.82, 2.24) is 4.90 Å². The average Bonchev–Trinajstić information content (AvgIpc) is 2.41. The van der Waals surface area contributed by atoms with E-state index in [0.29, 0.717) is 5.92 Å². The van der Waals surface area contributed by atoms with Crippen LogP contribution in [0.1, 0.15) is 18.4 Å². The Labute approximate surface area is 114 Å². The van der Waals surface area contributed by atoms with Crippen LogP contribution in [-0.2, 0) is 11.2 Å². The Bertz CT molecular complexity index is 425. The molecule has 0 bridgehead atoms. The second-order valence-corrected chi connectivity index (χ2v) is 5.13. The minimum Gasteiger partial charge on any atom is -0.496 e. The molecule has 104 valence electrons. The summed E-state index contributed by atoms with van der Waals surface area (Å²) < 4.78 is 5.37. The summed E-state index contributed by atoms with van der Waals surface area (Å²) in [6.45, 7) is 1.93. The van der Waals surface area contributed by atoms with E-state index in [4.69, 9.17) is 9.84 Å². The number of likely N-dealkylation sites (tertiary alicyclic amines) is 1. The van der Waals surface area contributed by atoms with Gasteiger partial charge in [-0.3, -0.25) is 9.69 Å². The summed E-state index contributed by atoms with van der Waals surface area (Å²) in [4.78, 5) is 12.7. The molecule has 2 rings (SSSR count). The first kappa shape index (κ1) is 13.9. The zero-order valence-electron chi connectivity index (χ0n) is 11.3. The molecule has 1 aromatic carbocycles. The van der Waals surface area contributed by atoms with E-state index in [0.717, 1.165) is 38.1 Å². The highest BCUT2D eigenvalue weighted by Crippen LogP contribution is 2.26. The first-order valence-electron chi connectivity index (χ1n) is 6.75. The van der Waals surface area contributed by atoms with Gasteiger partial charge in [0.1, 0.15) is 5.75 Å². The van der Waals surface area contributed by atoms with Crippen LogP contribution in [-0.4, -0.2) is 42.7 Å². The van der Waals surface area contributed by atoms with Gasteiger partial charge in [0.25, 0.3) is 0 Å². The van der Waals surface area contributed by atoms with E-state index in [9.17, 15) is 4.79 Å². The third-order valence-corrected chi connectivity index (χ3v) is 3.77. The van der Waals surface area contributed by atoms with Crippen LogP contribution in [0.25, 0.3) is 0 Å². The van der Waals surface area contributed by atoms with Gasteiger partial charge in [0.2, 0.25) is 0 Å². The number of piperidine rings is 1. The SMILES string of the molecule is COc1ccccc1CC1CCN(CC(=O)O)CC1. The molecule has 0 atom stereocenters. The Morgan fingerprint density at radius 2 is 2.05 bits per heavy atom. The van der Waals surface area contributed by atoms with Crippen LogP contribution in [0.5, 0.6) is 5.75 Å². The number of benzene rings is 1. The summed E-state index contributed by atoms with van der Waals surface area (Å²) in [6.07, 6.45) is 3.14. The number of carboxylic acid groups (broad SMARTS) is 1. The molecule has 1 aliphatic heterocycles. The number of methoxy groups -OCH3 is 1. The van der Waals surface area contributed by atoms with Crippen LogP contribution in [0.15, 0.2) is 24.3 Å². The van der Waals surface area contributed by atoms with Crippen LogP contribution < -0.4 is 4.74 Å². The van der Waals surface area contributed by atoms with Crippen molar-refractivity contribution in [2.24, 2.45) is 5.92 Å². The standard InChI is InChI=1S/C15H21NO3/c1-19-14-5-3-2-4-13(14)10-12-6-8-16(9-7-12)11-15(17)18/h2-5,12H,6-11H2,1H3,(H,17,18). The van der Waals surface area contributed by atoms with Crippen LogP contribution >= 0.6 is 0 Å². The van der Waals surface area contributed by atoms with Gasteiger partial charge in [-0.05, 0) is 49.9 Å². The fraction of sp³-hybridized carbons (Fsp3) is 0.533. The lowest BCUT2D eigenvalue weighted by Crippen LogP contribution is -2.37. The molecule has 0 radical (unpaired) electrons. The number of rotatable bonds is 5. The average molecular weight is 263 g/mol. The van der Waals surface area contributed by atoms with Crippen LogP contribution in [0.3, 0.4) is 0 Å². The lowest BCUT2D eigenvalue weighted by atomic mass is 9.90. The normalized spacial score (nSPS) is 17.3. The van der Waals surface area contributed by atoms with Crippen LogP contribution in [0.2, 0.25) is 0 Å². The van der Waals surface area contributed by atoms with Crippen molar-refractivity contribution in [2.45, 2.75) is 19.3 Å². The smallest absolute Gasteiger partial charge is 0.317 e. The molecule has 1 aliphatic rings. The molecule has 0 aromatic heterocycles. The minimum atomic E-state index is -0.733. The molecule has 1 saturated heterocycles. The highest BCUT2D eigenvalue weighted by molar-refractivity contribution is 5.69. The largest absolute Gasteiger partial charge is 0.496 e. The number of aliphatic carboxylic acids is 1. The molecule has 0 amide bonds. The van der Waals surface area contributed by atoms with Gasteiger partial charge in [-0.15, -0.1) is 0 Å². The van der Waals surface area contributed by atoms with Gasteiger partial charge in [0.15, 0.2) is 0 Å². The van der Waals surface area contributed by atoms with E-state index in [1.165, 1.54) is 5.56 Å². The number of carboxylic acids is 1. The predicted molar refractivity (Wildman–Crippen MR) is 73.5 cm³/mol. The molecular weight excluding hydrogens is 242 g/mol. The highest BCUT2D eigenvalue weighted by atomic mass is 16.5. The molecule has 0 aliphatic carbocycles. The molecule has 4 nitrogen and oxygen atoms in total. The first-order chi connectivity index (χ1) is 9.19. The number of carbonyl (C=O) groups is 1. The maximum Gasteiger partial charge on any atom is 0.317 e. The fourth-order valence-corrected chi connectivity index (χ4v) is 2.72. The fourth-order valence-electron chi connectivity index (χ4n) is 2.72. The van der Waals surface area contributed by atoms with E-state index in [-0.39, 0.29) is 6.54 Å². The van der Waals surface area contributed by atoms with E-state index in [1.807, 2.05) is 23.1 Å². The van der Waals surface area contributed by atoms with E-state index in [1.54, 1.807) is 7.11 Å². The predicted octanol–water partition coefficient (Wildman–Crippen LogP) is 2.03. The Morgan fingerprint density at radius 1 is 1.37 bits per heavy atom. The topological polar surface area (TPSA) is 49.8 Å². The van der Waals surface area contributed by atoms with Gasteiger partial charge >= 0.3 is 5.97 Å². The lowest BCUT2D eigenvalue weighted by molar-refractivity contribution is -0.138. The van der Waals surface area contributed by atoms with Gasteiger partial charge in [0, 0.05) is 0 Å². The zero-order chi connectivity index (χ0) is 13.7. The van der Waals surface area contributed by atoms with Crippen LogP contribution in [0.4, 0.5) is 0 Å². The molecule has 1 heterocycles. The Kier molecular flexibility index (Phi) is 4.80. The van der Waals surface area contributed by atoms with E-state index >= 15 is 0 Å². The van der Waals surface area contributed by atoms with E-state index in [2.05, 4.69) is 6.07 Å². The summed E-state index contributed by atoms with van der Waals surface area (Å²) in [5.74, 6) is 0.847. The molecule has 0 unspecified atom stereocenters. The first-order valence-corrected chi connectivity index (χ1v) is 6.75. The molecule has 1 N–H and O–H groups in total. The van der Waals surface area contributed by atoms with Crippen LogP contribution in [0, 0.1) is 5.92 Å².